The van der Waals surface area contributed by atoms with Gasteiger partial charge in [0.15, 0.2) is 0 Å². The van der Waals surface area contributed by atoms with E-state index in [2.05, 4.69) is 77.3 Å². The molecule has 0 aliphatic carbocycles. The highest BCUT2D eigenvalue weighted by molar-refractivity contribution is 14.1. The second-order valence-electron chi connectivity index (χ2n) is 4.87. The number of rotatable bonds is 2. The number of nitrogens with one attached hydrogen (secondary N) is 1. The number of ether oxygens (including phenoxy) is 1. The topological polar surface area (TPSA) is 21.3 Å². The Kier molecular flexibility index (Phi) is 3.75. The summed E-state index contributed by atoms with van der Waals surface area (Å²) < 4.78 is 6.95. The van der Waals surface area contributed by atoms with Gasteiger partial charge in [0.05, 0.1) is 19.3 Å². The lowest BCUT2D eigenvalue weighted by atomic mass is 9.98. The van der Waals surface area contributed by atoms with E-state index in [1.807, 2.05) is 0 Å². The molecule has 1 heterocycles. The Hall–Kier alpha value is -1.07. The Bertz CT molecular complexity index is 597. The molecule has 2 aromatic rings. The summed E-state index contributed by atoms with van der Waals surface area (Å²) in [6, 6.07) is 15.2. The van der Waals surface area contributed by atoms with E-state index in [9.17, 15) is 0 Å². The van der Waals surface area contributed by atoms with Crippen molar-refractivity contribution >= 4 is 28.3 Å². The van der Waals surface area contributed by atoms with E-state index in [0.717, 1.165) is 13.2 Å². The SMILES string of the molecule is Cc1cc(I)ccc1NC1COCc2ccccc21. The molecule has 0 radical (unpaired) electrons. The number of halogens is 1. The molecular formula is C16H16INO. The molecule has 2 nitrogen and oxygen atoms in total. The third-order valence-corrected chi connectivity index (χ3v) is 4.16. The smallest absolute Gasteiger partial charge is 0.0751 e. The van der Waals surface area contributed by atoms with Crippen molar-refractivity contribution in [3.05, 3.63) is 62.7 Å². The third-order valence-electron chi connectivity index (χ3n) is 3.49. The van der Waals surface area contributed by atoms with Gasteiger partial charge >= 0.3 is 0 Å². The molecule has 3 heteroatoms. The minimum atomic E-state index is 0.240. The van der Waals surface area contributed by atoms with E-state index >= 15 is 0 Å². The van der Waals surface area contributed by atoms with Crippen LogP contribution in [0.15, 0.2) is 42.5 Å². The maximum Gasteiger partial charge on any atom is 0.0751 e. The molecular weight excluding hydrogens is 349 g/mol. The summed E-state index contributed by atoms with van der Waals surface area (Å²) in [6.07, 6.45) is 0. The molecule has 1 unspecified atom stereocenters. The maximum absolute atomic E-state index is 5.68. The highest BCUT2D eigenvalue weighted by Crippen LogP contribution is 2.29. The molecule has 19 heavy (non-hydrogen) atoms. The van der Waals surface area contributed by atoms with Crippen molar-refractivity contribution in [2.45, 2.75) is 19.6 Å². The third kappa shape index (κ3) is 2.77. The van der Waals surface area contributed by atoms with E-state index < -0.39 is 0 Å². The molecule has 0 bridgehead atoms. The van der Waals surface area contributed by atoms with Gasteiger partial charge in [-0.25, -0.2) is 0 Å². The minimum Gasteiger partial charge on any atom is -0.376 e. The summed E-state index contributed by atoms with van der Waals surface area (Å²) in [7, 11) is 0. The standard InChI is InChI=1S/C16H16INO/c1-11-8-13(17)6-7-15(11)18-16-10-19-9-12-4-2-3-5-14(12)16/h2-8,16,18H,9-10H2,1H3. The summed E-state index contributed by atoms with van der Waals surface area (Å²) in [4.78, 5) is 0. The predicted molar refractivity (Wildman–Crippen MR) is 86.4 cm³/mol. The van der Waals surface area contributed by atoms with Gasteiger partial charge in [0.25, 0.3) is 0 Å². The van der Waals surface area contributed by atoms with Crippen LogP contribution >= 0.6 is 22.6 Å². The van der Waals surface area contributed by atoms with Crippen LogP contribution in [0.4, 0.5) is 5.69 Å². The first-order chi connectivity index (χ1) is 9.24. The zero-order valence-electron chi connectivity index (χ0n) is 10.8. The van der Waals surface area contributed by atoms with E-state index in [-0.39, 0.29) is 6.04 Å². The van der Waals surface area contributed by atoms with Crippen LogP contribution in [-0.4, -0.2) is 6.61 Å². The first-order valence-corrected chi connectivity index (χ1v) is 7.50. The highest BCUT2D eigenvalue weighted by atomic mass is 127. The molecule has 2 aromatic carbocycles. The van der Waals surface area contributed by atoms with Gasteiger partial charge in [-0.3, -0.25) is 0 Å². The molecule has 1 atom stereocenters. The molecule has 1 N–H and O–H groups in total. The van der Waals surface area contributed by atoms with Crippen LogP contribution < -0.4 is 5.32 Å². The second-order valence-corrected chi connectivity index (χ2v) is 6.12. The zero-order chi connectivity index (χ0) is 13.2. The van der Waals surface area contributed by atoms with Gasteiger partial charge < -0.3 is 10.1 Å². The van der Waals surface area contributed by atoms with Crippen LogP contribution in [0, 0.1) is 10.5 Å². The summed E-state index contributed by atoms with van der Waals surface area (Å²) in [6.45, 7) is 3.59. The van der Waals surface area contributed by atoms with Crippen molar-refractivity contribution in [3.63, 3.8) is 0 Å². The van der Waals surface area contributed by atoms with Gasteiger partial charge in [-0.1, -0.05) is 24.3 Å². The Morgan fingerprint density at radius 1 is 1.21 bits per heavy atom. The van der Waals surface area contributed by atoms with Gasteiger partial charge in [-0.15, -0.1) is 0 Å². The Balaban J connectivity index is 1.88. The Morgan fingerprint density at radius 3 is 2.89 bits per heavy atom. The lowest BCUT2D eigenvalue weighted by Crippen LogP contribution is -2.23. The molecule has 0 saturated heterocycles. The van der Waals surface area contributed by atoms with Crippen LogP contribution in [0.1, 0.15) is 22.7 Å². The fourth-order valence-corrected chi connectivity index (χ4v) is 3.13. The molecule has 0 amide bonds. The molecule has 1 aliphatic rings. The number of anilines is 1. The molecule has 3 rings (SSSR count). The van der Waals surface area contributed by atoms with Crippen LogP contribution in [0.25, 0.3) is 0 Å². The summed E-state index contributed by atoms with van der Waals surface area (Å²) in [5.74, 6) is 0. The number of fused-ring (bicyclic) bond motifs is 1. The molecule has 1 aliphatic heterocycles. The monoisotopic (exact) mass is 365 g/mol. The summed E-state index contributed by atoms with van der Waals surface area (Å²) in [5, 5.41) is 3.60. The van der Waals surface area contributed by atoms with Crippen LogP contribution in [0.2, 0.25) is 0 Å². The van der Waals surface area contributed by atoms with Crippen molar-refractivity contribution < 1.29 is 4.74 Å². The van der Waals surface area contributed by atoms with Crippen molar-refractivity contribution in [1.82, 2.24) is 0 Å². The van der Waals surface area contributed by atoms with Crippen molar-refractivity contribution in [2.24, 2.45) is 0 Å². The molecule has 98 valence electrons. The normalized spacial score (nSPS) is 17.9. The van der Waals surface area contributed by atoms with Crippen LogP contribution in [0.5, 0.6) is 0 Å². The fraction of sp³-hybridized carbons (Fsp3) is 0.250. The van der Waals surface area contributed by atoms with E-state index in [1.54, 1.807) is 0 Å². The quantitative estimate of drug-likeness (QED) is 0.802. The van der Waals surface area contributed by atoms with E-state index in [4.69, 9.17) is 4.74 Å². The second kappa shape index (κ2) is 5.51. The number of hydrogen-bond donors (Lipinski definition) is 1. The summed E-state index contributed by atoms with van der Waals surface area (Å²) in [5.41, 5.74) is 5.10. The predicted octanol–water partition coefficient (Wildman–Crippen LogP) is 4.28. The lowest BCUT2D eigenvalue weighted by Gasteiger charge is -2.28. The number of benzene rings is 2. The largest absolute Gasteiger partial charge is 0.376 e. The van der Waals surface area contributed by atoms with Crippen molar-refractivity contribution in [1.29, 1.82) is 0 Å². The minimum absolute atomic E-state index is 0.240. The number of aryl methyl sites for hydroxylation is 1. The van der Waals surface area contributed by atoms with Gasteiger partial charge in [0.2, 0.25) is 0 Å². The van der Waals surface area contributed by atoms with E-state index in [0.29, 0.717) is 0 Å². The van der Waals surface area contributed by atoms with Gasteiger partial charge in [-0.05, 0) is 64.4 Å². The Morgan fingerprint density at radius 2 is 2.05 bits per heavy atom. The van der Waals surface area contributed by atoms with Crippen LogP contribution in [0.3, 0.4) is 0 Å². The average molecular weight is 365 g/mol. The van der Waals surface area contributed by atoms with Gasteiger partial charge in [-0.2, -0.15) is 0 Å². The molecule has 0 saturated carbocycles. The first-order valence-electron chi connectivity index (χ1n) is 6.42. The molecule has 0 spiro atoms. The molecule has 0 fully saturated rings. The summed E-state index contributed by atoms with van der Waals surface area (Å²) >= 11 is 2.34. The lowest BCUT2D eigenvalue weighted by molar-refractivity contribution is 0.0970. The van der Waals surface area contributed by atoms with Crippen LogP contribution in [-0.2, 0) is 11.3 Å². The zero-order valence-corrected chi connectivity index (χ0v) is 13.0. The highest BCUT2D eigenvalue weighted by Gasteiger charge is 2.20. The van der Waals surface area contributed by atoms with Crippen molar-refractivity contribution in [3.8, 4) is 0 Å². The van der Waals surface area contributed by atoms with Crippen molar-refractivity contribution in [2.75, 3.05) is 11.9 Å². The average Bonchev–Trinajstić information content (AvgIpc) is 2.42. The molecule has 0 aromatic heterocycles. The van der Waals surface area contributed by atoms with Gasteiger partial charge in [0.1, 0.15) is 0 Å². The fourth-order valence-electron chi connectivity index (χ4n) is 2.48. The maximum atomic E-state index is 5.68. The number of hydrogen-bond acceptors (Lipinski definition) is 2. The first kappa shape index (κ1) is 12.9. The van der Waals surface area contributed by atoms with Gasteiger partial charge in [0, 0.05) is 9.26 Å². The Labute approximate surface area is 127 Å². The van der Waals surface area contributed by atoms with E-state index in [1.165, 1.54) is 25.9 Å².